The Hall–Kier alpha value is -1.53. The molecule has 2 aromatic heterocycles. The molecule has 0 saturated carbocycles. The number of nitrogens with one attached hydrogen (secondary N) is 1. The number of rotatable bonds is 3. The average molecular weight is 261 g/mol. The standard InChI is InChI=1S/C12H15N5S/c1-17-7-2-4-10(17)9-8-18-12(15-9)16-11-13-5-3-6-14-11/h3,5-6,8,10H,2,4,7H2,1H3,(H,13,14,15,16)/t10-/m0/s1. The minimum atomic E-state index is 0.466. The Labute approximate surface area is 110 Å². The number of anilines is 2. The highest BCUT2D eigenvalue weighted by atomic mass is 32.1. The molecule has 1 aliphatic heterocycles. The second kappa shape index (κ2) is 4.99. The molecule has 0 radical (unpaired) electrons. The summed E-state index contributed by atoms with van der Waals surface area (Å²) in [6, 6.07) is 2.26. The van der Waals surface area contributed by atoms with Crippen LogP contribution in [0.1, 0.15) is 24.6 Å². The normalized spacial score (nSPS) is 20.2. The monoisotopic (exact) mass is 261 g/mol. The van der Waals surface area contributed by atoms with Crippen molar-refractivity contribution >= 4 is 22.4 Å². The zero-order valence-corrected chi connectivity index (χ0v) is 11.0. The van der Waals surface area contributed by atoms with Crippen LogP contribution in [0.3, 0.4) is 0 Å². The van der Waals surface area contributed by atoms with Gasteiger partial charge < -0.3 is 5.32 Å². The maximum absolute atomic E-state index is 4.62. The molecule has 1 N–H and O–H groups in total. The Kier molecular flexibility index (Phi) is 3.21. The van der Waals surface area contributed by atoms with Crippen LogP contribution in [0.2, 0.25) is 0 Å². The van der Waals surface area contributed by atoms with E-state index in [2.05, 4.69) is 37.6 Å². The number of hydrogen-bond donors (Lipinski definition) is 1. The molecule has 3 rings (SSSR count). The van der Waals surface area contributed by atoms with E-state index in [1.165, 1.54) is 12.8 Å². The van der Waals surface area contributed by atoms with Gasteiger partial charge in [-0.3, -0.25) is 4.90 Å². The van der Waals surface area contributed by atoms with E-state index in [4.69, 9.17) is 0 Å². The summed E-state index contributed by atoms with van der Waals surface area (Å²) in [4.78, 5) is 15.2. The van der Waals surface area contributed by atoms with Crippen molar-refractivity contribution in [1.82, 2.24) is 19.9 Å². The minimum absolute atomic E-state index is 0.466. The summed E-state index contributed by atoms with van der Waals surface area (Å²) in [5, 5.41) is 6.11. The van der Waals surface area contributed by atoms with Crippen molar-refractivity contribution in [3.63, 3.8) is 0 Å². The van der Waals surface area contributed by atoms with E-state index >= 15 is 0 Å². The fraction of sp³-hybridized carbons (Fsp3) is 0.417. The van der Waals surface area contributed by atoms with Gasteiger partial charge in [-0.25, -0.2) is 15.0 Å². The predicted molar refractivity (Wildman–Crippen MR) is 72.0 cm³/mol. The van der Waals surface area contributed by atoms with Gasteiger partial charge in [0.2, 0.25) is 5.95 Å². The lowest BCUT2D eigenvalue weighted by atomic mass is 10.2. The van der Waals surface area contributed by atoms with Crippen molar-refractivity contribution in [2.45, 2.75) is 18.9 Å². The van der Waals surface area contributed by atoms with Crippen LogP contribution < -0.4 is 5.32 Å². The fourth-order valence-corrected chi connectivity index (χ4v) is 2.99. The first-order chi connectivity index (χ1) is 8.83. The summed E-state index contributed by atoms with van der Waals surface area (Å²) in [6.45, 7) is 1.16. The Balaban J connectivity index is 1.74. The molecule has 0 amide bonds. The maximum atomic E-state index is 4.62. The summed E-state index contributed by atoms with van der Waals surface area (Å²) in [7, 11) is 2.16. The van der Waals surface area contributed by atoms with Crippen LogP contribution in [0.15, 0.2) is 23.8 Å². The van der Waals surface area contributed by atoms with Gasteiger partial charge in [-0.15, -0.1) is 11.3 Å². The van der Waals surface area contributed by atoms with Crippen molar-refractivity contribution in [1.29, 1.82) is 0 Å². The molecule has 0 unspecified atom stereocenters. The van der Waals surface area contributed by atoms with Crippen molar-refractivity contribution in [2.24, 2.45) is 0 Å². The van der Waals surface area contributed by atoms with Gasteiger partial charge in [0, 0.05) is 17.8 Å². The molecule has 0 aromatic carbocycles. The SMILES string of the molecule is CN1CCC[C@H]1c1csc(Nc2ncccn2)n1. The van der Waals surface area contributed by atoms with E-state index in [0.717, 1.165) is 17.4 Å². The third-order valence-electron chi connectivity index (χ3n) is 3.17. The van der Waals surface area contributed by atoms with E-state index in [1.807, 2.05) is 0 Å². The van der Waals surface area contributed by atoms with Crippen LogP contribution in [-0.4, -0.2) is 33.4 Å². The quantitative estimate of drug-likeness (QED) is 0.919. The van der Waals surface area contributed by atoms with Crippen molar-refractivity contribution in [3.05, 3.63) is 29.5 Å². The number of aromatic nitrogens is 3. The van der Waals surface area contributed by atoms with Crippen LogP contribution in [0.5, 0.6) is 0 Å². The third-order valence-corrected chi connectivity index (χ3v) is 3.94. The van der Waals surface area contributed by atoms with Crippen molar-refractivity contribution in [3.8, 4) is 0 Å². The second-order valence-electron chi connectivity index (χ2n) is 4.41. The van der Waals surface area contributed by atoms with Gasteiger partial charge in [-0.2, -0.15) is 0 Å². The maximum Gasteiger partial charge on any atom is 0.228 e. The summed E-state index contributed by atoms with van der Waals surface area (Å²) in [5.74, 6) is 0.596. The number of likely N-dealkylation sites (tertiary alicyclic amines) is 1. The lowest BCUT2D eigenvalue weighted by Crippen LogP contribution is -2.17. The van der Waals surface area contributed by atoms with Gasteiger partial charge >= 0.3 is 0 Å². The first-order valence-corrected chi connectivity index (χ1v) is 6.90. The van der Waals surface area contributed by atoms with Crippen LogP contribution in [0.4, 0.5) is 11.1 Å². The molecule has 1 atom stereocenters. The summed E-state index contributed by atoms with van der Waals surface area (Å²) < 4.78 is 0. The molecule has 0 bridgehead atoms. The van der Waals surface area contributed by atoms with Gasteiger partial charge in [-0.05, 0) is 32.5 Å². The van der Waals surface area contributed by atoms with Gasteiger partial charge in [0.1, 0.15) is 0 Å². The summed E-state index contributed by atoms with van der Waals surface area (Å²) >= 11 is 1.60. The van der Waals surface area contributed by atoms with Crippen LogP contribution in [0.25, 0.3) is 0 Å². The molecule has 6 heteroatoms. The molecule has 5 nitrogen and oxygen atoms in total. The Bertz CT molecular complexity index is 512. The highest BCUT2D eigenvalue weighted by molar-refractivity contribution is 7.13. The van der Waals surface area contributed by atoms with E-state index in [9.17, 15) is 0 Å². The molecule has 0 aliphatic carbocycles. The third kappa shape index (κ3) is 2.34. The van der Waals surface area contributed by atoms with Crippen LogP contribution >= 0.6 is 11.3 Å². The summed E-state index contributed by atoms with van der Waals surface area (Å²) in [5.41, 5.74) is 1.15. The van der Waals surface area contributed by atoms with Gasteiger partial charge in [0.15, 0.2) is 5.13 Å². The van der Waals surface area contributed by atoms with E-state index in [1.54, 1.807) is 29.8 Å². The lowest BCUT2D eigenvalue weighted by molar-refractivity contribution is 0.313. The van der Waals surface area contributed by atoms with Gasteiger partial charge in [-0.1, -0.05) is 0 Å². The number of nitrogens with zero attached hydrogens (tertiary/aromatic N) is 4. The van der Waals surface area contributed by atoms with Crippen LogP contribution in [-0.2, 0) is 0 Å². The molecule has 94 valence electrons. The smallest absolute Gasteiger partial charge is 0.228 e. The Morgan fingerprint density at radius 1 is 1.39 bits per heavy atom. The first-order valence-electron chi connectivity index (χ1n) is 6.02. The molecular weight excluding hydrogens is 246 g/mol. The molecule has 2 aromatic rings. The first kappa shape index (κ1) is 11.6. The number of hydrogen-bond acceptors (Lipinski definition) is 6. The topological polar surface area (TPSA) is 53.9 Å². The molecular formula is C12H15N5S. The van der Waals surface area contributed by atoms with E-state index in [0.29, 0.717) is 12.0 Å². The lowest BCUT2D eigenvalue weighted by Gasteiger charge is -2.16. The van der Waals surface area contributed by atoms with Crippen molar-refractivity contribution < 1.29 is 0 Å². The zero-order valence-electron chi connectivity index (χ0n) is 10.2. The zero-order chi connectivity index (χ0) is 12.4. The highest BCUT2D eigenvalue weighted by Gasteiger charge is 2.24. The predicted octanol–water partition coefficient (Wildman–Crippen LogP) is 2.44. The molecule has 0 spiro atoms. The Morgan fingerprint density at radius 2 is 2.22 bits per heavy atom. The van der Waals surface area contributed by atoms with E-state index in [-0.39, 0.29) is 0 Å². The number of thiazole rings is 1. The average Bonchev–Trinajstić information content (AvgIpc) is 2.99. The second-order valence-corrected chi connectivity index (χ2v) is 5.27. The van der Waals surface area contributed by atoms with Crippen LogP contribution in [0, 0.1) is 0 Å². The van der Waals surface area contributed by atoms with Gasteiger partial charge in [0.05, 0.1) is 11.7 Å². The highest BCUT2D eigenvalue weighted by Crippen LogP contribution is 2.32. The molecule has 1 saturated heterocycles. The molecule has 1 aliphatic rings. The Morgan fingerprint density at radius 3 is 2.94 bits per heavy atom. The molecule has 3 heterocycles. The largest absolute Gasteiger partial charge is 0.300 e. The summed E-state index contributed by atoms with van der Waals surface area (Å²) in [6.07, 6.45) is 5.88. The fourth-order valence-electron chi connectivity index (χ4n) is 2.24. The molecule has 18 heavy (non-hydrogen) atoms. The molecule has 1 fully saturated rings. The van der Waals surface area contributed by atoms with Crippen molar-refractivity contribution in [2.75, 3.05) is 18.9 Å². The minimum Gasteiger partial charge on any atom is -0.300 e. The van der Waals surface area contributed by atoms with Gasteiger partial charge in [0.25, 0.3) is 0 Å². The van der Waals surface area contributed by atoms with E-state index < -0.39 is 0 Å².